The largest absolute Gasteiger partial charge is 0.460 e. The molecule has 0 aliphatic heterocycles. The van der Waals surface area contributed by atoms with Gasteiger partial charge in [-0.3, -0.25) is 4.79 Å². The van der Waals surface area contributed by atoms with Crippen LogP contribution in [0.25, 0.3) is 17.1 Å². The van der Waals surface area contributed by atoms with Crippen molar-refractivity contribution in [2.24, 2.45) is 0 Å². The molecule has 4 rings (SSSR count). The SMILES string of the molecule is COCCOc1nc(-c2ccc(C)cc2)n(-c2ccc(NC(=O)c3ccccc3)cc2)n1. The van der Waals surface area contributed by atoms with Crippen molar-refractivity contribution in [2.75, 3.05) is 25.6 Å². The van der Waals surface area contributed by atoms with Gasteiger partial charge in [-0.05, 0) is 43.3 Å². The van der Waals surface area contributed by atoms with Crippen molar-refractivity contribution in [1.82, 2.24) is 14.8 Å². The lowest BCUT2D eigenvalue weighted by Gasteiger charge is -2.09. The lowest BCUT2D eigenvalue weighted by Crippen LogP contribution is -2.11. The number of carbonyl (C=O) groups excluding carboxylic acids is 1. The molecule has 7 nitrogen and oxygen atoms in total. The van der Waals surface area contributed by atoms with Gasteiger partial charge in [0, 0.05) is 23.9 Å². The normalized spacial score (nSPS) is 10.7. The van der Waals surface area contributed by atoms with Gasteiger partial charge in [0.2, 0.25) is 0 Å². The summed E-state index contributed by atoms with van der Waals surface area (Å²) in [6, 6.07) is 24.9. The van der Waals surface area contributed by atoms with E-state index in [1.165, 1.54) is 0 Å². The van der Waals surface area contributed by atoms with E-state index in [2.05, 4.69) is 15.4 Å². The van der Waals surface area contributed by atoms with Crippen LogP contribution in [0.3, 0.4) is 0 Å². The van der Waals surface area contributed by atoms with E-state index in [1.54, 1.807) is 23.9 Å². The summed E-state index contributed by atoms with van der Waals surface area (Å²) in [6.45, 7) is 2.85. The number of hydrogen-bond donors (Lipinski definition) is 1. The third-order valence-corrected chi connectivity index (χ3v) is 4.82. The molecule has 4 aromatic rings. The Labute approximate surface area is 186 Å². The van der Waals surface area contributed by atoms with E-state index in [9.17, 15) is 4.79 Å². The van der Waals surface area contributed by atoms with Gasteiger partial charge in [-0.25, -0.2) is 4.68 Å². The minimum absolute atomic E-state index is 0.159. The second kappa shape index (κ2) is 9.89. The molecule has 0 atom stereocenters. The van der Waals surface area contributed by atoms with E-state index in [0.29, 0.717) is 30.3 Å². The standard InChI is InChI=1S/C25H24N4O3/c1-18-8-10-19(11-9-18)23-27-25(32-17-16-31-2)28-29(23)22-14-12-21(13-15-22)26-24(30)20-6-4-3-5-7-20/h3-15H,16-17H2,1-2H3,(H,26,30). The summed E-state index contributed by atoms with van der Waals surface area (Å²) < 4.78 is 12.4. The number of rotatable bonds is 8. The molecule has 0 aliphatic rings. The first-order valence-corrected chi connectivity index (χ1v) is 10.3. The number of hydrogen-bond acceptors (Lipinski definition) is 5. The zero-order chi connectivity index (χ0) is 22.3. The topological polar surface area (TPSA) is 78.3 Å². The molecule has 1 N–H and O–H groups in total. The van der Waals surface area contributed by atoms with E-state index in [1.807, 2.05) is 73.7 Å². The maximum atomic E-state index is 12.4. The maximum absolute atomic E-state index is 12.4. The molecule has 162 valence electrons. The van der Waals surface area contributed by atoms with E-state index in [-0.39, 0.29) is 11.9 Å². The van der Waals surface area contributed by atoms with Gasteiger partial charge in [0.15, 0.2) is 5.82 Å². The number of benzene rings is 3. The Hall–Kier alpha value is -3.97. The molecule has 0 aliphatic carbocycles. The third-order valence-electron chi connectivity index (χ3n) is 4.82. The Balaban J connectivity index is 1.60. The number of amides is 1. The van der Waals surface area contributed by atoms with Gasteiger partial charge < -0.3 is 14.8 Å². The highest BCUT2D eigenvalue weighted by molar-refractivity contribution is 6.04. The highest BCUT2D eigenvalue weighted by Crippen LogP contribution is 2.25. The zero-order valence-corrected chi connectivity index (χ0v) is 18.0. The predicted octanol–water partition coefficient (Wildman–Crippen LogP) is 4.52. The van der Waals surface area contributed by atoms with Gasteiger partial charge in [-0.15, -0.1) is 5.10 Å². The quantitative estimate of drug-likeness (QED) is 0.418. The molecule has 3 aromatic carbocycles. The zero-order valence-electron chi connectivity index (χ0n) is 18.0. The number of nitrogens with zero attached hydrogens (tertiary/aromatic N) is 3. The summed E-state index contributed by atoms with van der Waals surface area (Å²) >= 11 is 0. The van der Waals surface area contributed by atoms with Gasteiger partial charge in [0.1, 0.15) is 6.61 Å². The smallest absolute Gasteiger partial charge is 0.336 e. The van der Waals surface area contributed by atoms with Crippen molar-refractivity contribution in [1.29, 1.82) is 0 Å². The van der Waals surface area contributed by atoms with Crippen LogP contribution in [0.2, 0.25) is 0 Å². The molecule has 0 saturated carbocycles. The number of anilines is 1. The van der Waals surface area contributed by atoms with Crippen molar-refractivity contribution < 1.29 is 14.3 Å². The molecule has 0 saturated heterocycles. The summed E-state index contributed by atoms with van der Waals surface area (Å²) in [5, 5.41) is 7.44. The molecule has 0 fully saturated rings. The Bertz CT molecular complexity index is 1170. The second-order valence-corrected chi connectivity index (χ2v) is 7.20. The number of nitrogens with one attached hydrogen (secondary N) is 1. The van der Waals surface area contributed by atoms with E-state index >= 15 is 0 Å². The van der Waals surface area contributed by atoms with Crippen LogP contribution in [-0.2, 0) is 4.74 Å². The highest BCUT2D eigenvalue weighted by atomic mass is 16.5. The summed E-state index contributed by atoms with van der Waals surface area (Å²) in [7, 11) is 1.62. The highest BCUT2D eigenvalue weighted by Gasteiger charge is 2.15. The molecule has 0 spiro atoms. The van der Waals surface area contributed by atoms with Crippen molar-refractivity contribution in [3.05, 3.63) is 90.0 Å². The fourth-order valence-electron chi connectivity index (χ4n) is 3.12. The molecular formula is C25H24N4O3. The van der Waals surface area contributed by atoms with Crippen LogP contribution in [0, 0.1) is 6.92 Å². The Morgan fingerprint density at radius 2 is 1.66 bits per heavy atom. The molecule has 0 bridgehead atoms. The minimum atomic E-state index is -0.159. The minimum Gasteiger partial charge on any atom is -0.460 e. The number of methoxy groups -OCH3 is 1. The summed E-state index contributed by atoms with van der Waals surface area (Å²) in [5.41, 5.74) is 4.18. The third kappa shape index (κ3) is 5.01. The van der Waals surface area contributed by atoms with Crippen LogP contribution in [0.5, 0.6) is 6.01 Å². The molecule has 0 unspecified atom stereocenters. The van der Waals surface area contributed by atoms with Crippen LogP contribution < -0.4 is 10.1 Å². The van der Waals surface area contributed by atoms with E-state index < -0.39 is 0 Å². The summed E-state index contributed by atoms with van der Waals surface area (Å²) in [6.07, 6.45) is 0. The fourth-order valence-corrected chi connectivity index (χ4v) is 3.12. The molecule has 1 aromatic heterocycles. The number of aryl methyl sites for hydroxylation is 1. The monoisotopic (exact) mass is 428 g/mol. The molecule has 1 heterocycles. The van der Waals surface area contributed by atoms with Gasteiger partial charge >= 0.3 is 6.01 Å². The first-order valence-electron chi connectivity index (χ1n) is 10.3. The van der Waals surface area contributed by atoms with E-state index in [0.717, 1.165) is 16.8 Å². The van der Waals surface area contributed by atoms with Gasteiger partial charge in [-0.1, -0.05) is 48.0 Å². The number of carbonyl (C=O) groups is 1. The first kappa shape index (κ1) is 21.3. The lowest BCUT2D eigenvalue weighted by atomic mass is 10.1. The van der Waals surface area contributed by atoms with Crippen molar-refractivity contribution >= 4 is 11.6 Å². The Morgan fingerprint density at radius 1 is 0.938 bits per heavy atom. The molecule has 1 amide bonds. The van der Waals surface area contributed by atoms with Crippen LogP contribution in [0.1, 0.15) is 15.9 Å². The maximum Gasteiger partial charge on any atom is 0.336 e. The van der Waals surface area contributed by atoms with Crippen molar-refractivity contribution in [3.8, 4) is 23.1 Å². The molecular weight excluding hydrogens is 404 g/mol. The average Bonchev–Trinajstić information content (AvgIpc) is 3.25. The van der Waals surface area contributed by atoms with Gasteiger partial charge in [0.25, 0.3) is 5.91 Å². The average molecular weight is 428 g/mol. The fraction of sp³-hybridized carbons (Fsp3) is 0.160. The van der Waals surface area contributed by atoms with E-state index in [4.69, 9.17) is 9.47 Å². The van der Waals surface area contributed by atoms with Crippen molar-refractivity contribution in [2.45, 2.75) is 6.92 Å². The molecule has 32 heavy (non-hydrogen) atoms. The van der Waals surface area contributed by atoms with Crippen LogP contribution in [0.15, 0.2) is 78.9 Å². The Kier molecular flexibility index (Phi) is 6.57. The number of aromatic nitrogens is 3. The summed E-state index contributed by atoms with van der Waals surface area (Å²) in [5.74, 6) is 0.506. The Morgan fingerprint density at radius 3 is 2.34 bits per heavy atom. The van der Waals surface area contributed by atoms with Crippen molar-refractivity contribution in [3.63, 3.8) is 0 Å². The first-order chi connectivity index (χ1) is 15.6. The number of ether oxygens (including phenoxy) is 2. The molecule has 7 heteroatoms. The van der Waals surface area contributed by atoms with Crippen LogP contribution in [-0.4, -0.2) is 41.0 Å². The second-order valence-electron chi connectivity index (χ2n) is 7.20. The lowest BCUT2D eigenvalue weighted by molar-refractivity contribution is 0.102. The van der Waals surface area contributed by atoms with Crippen LogP contribution >= 0.6 is 0 Å². The van der Waals surface area contributed by atoms with Crippen LogP contribution in [0.4, 0.5) is 5.69 Å². The van der Waals surface area contributed by atoms with Gasteiger partial charge in [0.05, 0.1) is 12.3 Å². The predicted molar refractivity (Wildman–Crippen MR) is 123 cm³/mol. The van der Waals surface area contributed by atoms with Gasteiger partial charge in [-0.2, -0.15) is 4.98 Å². The molecule has 0 radical (unpaired) electrons. The summed E-state index contributed by atoms with van der Waals surface area (Å²) in [4.78, 5) is 17.0.